The summed E-state index contributed by atoms with van der Waals surface area (Å²) in [6.45, 7) is 2.26. The van der Waals surface area contributed by atoms with E-state index in [0.29, 0.717) is 4.90 Å². The number of rotatable bonds is 2. The maximum absolute atomic E-state index is 11.9. The molecule has 1 amide bonds. The normalized spacial score (nSPS) is 19.4. The minimum absolute atomic E-state index is 0.616. The number of carbonyl (C=O) groups excluding carboxylic acids is 1. The van der Waals surface area contributed by atoms with Crippen LogP contribution in [0.25, 0.3) is 0 Å². The molecule has 0 aliphatic heterocycles. The van der Waals surface area contributed by atoms with Crippen molar-refractivity contribution < 1.29 is 16.4 Å². The van der Waals surface area contributed by atoms with E-state index < -0.39 is 31.1 Å². The van der Waals surface area contributed by atoms with Gasteiger partial charge in [0.15, 0.2) is 0 Å². The fourth-order valence-corrected chi connectivity index (χ4v) is 0.697. The molecule has 3 heteroatoms. The molecule has 0 N–H and O–H groups in total. The van der Waals surface area contributed by atoms with Crippen LogP contribution >= 0.6 is 0 Å². The van der Waals surface area contributed by atoms with Crippen LogP contribution in [0.2, 0.25) is 0 Å². The first-order valence-corrected chi connectivity index (χ1v) is 4.22. The van der Waals surface area contributed by atoms with Gasteiger partial charge in [0.2, 0.25) is 0 Å². The van der Waals surface area contributed by atoms with Gasteiger partial charge in [-0.3, -0.25) is 0 Å². The van der Waals surface area contributed by atoms with Gasteiger partial charge in [0.1, 0.15) is 5.60 Å². The first kappa shape index (κ1) is 5.89. The van der Waals surface area contributed by atoms with Crippen LogP contribution in [0.1, 0.15) is 48.3 Å². The Balaban J connectivity index is 5.29. The predicted molar refractivity (Wildman–Crippen MR) is 53.8 cm³/mol. The highest BCUT2D eigenvalue weighted by Crippen LogP contribution is 2.11. The van der Waals surface area contributed by atoms with Gasteiger partial charge in [0.05, 0.1) is 0 Å². The largest absolute Gasteiger partial charge is 0.444 e. The second kappa shape index (κ2) is 4.49. The second-order valence-electron chi connectivity index (χ2n) is 4.06. The third-order valence-electron chi connectivity index (χ3n) is 1.23. The average Bonchev–Trinajstić information content (AvgIpc) is 1.94. The quantitative estimate of drug-likeness (QED) is 0.673. The lowest BCUT2D eigenvalue weighted by atomic mass is 10.2. The van der Waals surface area contributed by atoms with E-state index in [4.69, 9.17) is 11.6 Å². The molecule has 0 atom stereocenters. The van der Waals surface area contributed by atoms with Crippen molar-refractivity contribution >= 4 is 6.09 Å². The third-order valence-corrected chi connectivity index (χ3v) is 1.23. The van der Waals surface area contributed by atoms with Gasteiger partial charge in [-0.2, -0.15) is 0 Å². The van der Waals surface area contributed by atoms with Crippen molar-refractivity contribution in [1.29, 1.82) is 0 Å². The molecule has 0 rings (SSSR count). The van der Waals surface area contributed by atoms with Crippen molar-refractivity contribution in [1.82, 2.24) is 4.90 Å². The van der Waals surface area contributed by atoms with E-state index in [9.17, 15) is 4.79 Å². The zero-order chi connectivity index (χ0) is 14.9. The molecular weight excluding hydrogens is 166 g/mol. The summed E-state index contributed by atoms with van der Waals surface area (Å²) in [4.78, 5) is 12.5. The molecule has 0 fully saturated rings. The molecule has 0 radical (unpaired) electrons. The Hall–Kier alpha value is -0.730. The summed E-state index contributed by atoms with van der Waals surface area (Å²) in [6, 6.07) is -0.629. The first-order valence-electron chi connectivity index (χ1n) is 6.72. The van der Waals surface area contributed by atoms with Crippen LogP contribution in [0.4, 0.5) is 4.79 Å². The Bertz CT molecular complexity index is 306. The smallest absolute Gasteiger partial charge is 0.410 e. The molecule has 0 spiro atoms. The molecular formula is C10H21NO2. The summed E-state index contributed by atoms with van der Waals surface area (Å²) < 4.78 is 41.9. The van der Waals surface area contributed by atoms with E-state index >= 15 is 0 Å². The monoisotopic (exact) mass is 192 g/mol. The lowest BCUT2D eigenvalue weighted by Gasteiger charge is -2.29. The number of nitrogens with zero attached hydrogens (tertiary/aromatic N) is 1. The van der Waals surface area contributed by atoms with Crippen LogP contribution < -0.4 is 0 Å². The summed E-state index contributed by atoms with van der Waals surface area (Å²) in [5.41, 5.74) is -0.810. The number of hydrogen-bond acceptors (Lipinski definition) is 2. The van der Waals surface area contributed by atoms with Crippen LogP contribution in [0.5, 0.6) is 0 Å². The predicted octanol–water partition coefficient (Wildman–Crippen LogP) is 2.65. The van der Waals surface area contributed by atoms with Gasteiger partial charge in [0, 0.05) is 19.4 Å². The topological polar surface area (TPSA) is 29.5 Å². The summed E-state index contributed by atoms with van der Waals surface area (Å²) in [7, 11) is 0. The van der Waals surface area contributed by atoms with E-state index in [-0.39, 0.29) is 0 Å². The zero-order valence-corrected chi connectivity index (χ0v) is 8.84. The Labute approximate surface area is 88.1 Å². The van der Waals surface area contributed by atoms with Crippen molar-refractivity contribution in [3.8, 4) is 0 Å². The van der Waals surface area contributed by atoms with Gasteiger partial charge in [-0.25, -0.2) is 4.79 Å². The lowest BCUT2D eigenvalue weighted by Crippen LogP contribution is -2.40. The molecule has 0 aliphatic carbocycles. The Kier molecular flexibility index (Phi) is 2.03. The highest BCUT2D eigenvalue weighted by molar-refractivity contribution is 5.68. The summed E-state index contributed by atoms with van der Waals surface area (Å²) in [5, 5.41) is 0. The highest BCUT2D eigenvalue weighted by atomic mass is 16.6. The molecule has 0 saturated carbocycles. The average molecular weight is 192 g/mol. The van der Waals surface area contributed by atoms with Crippen molar-refractivity contribution in [3.05, 3.63) is 0 Å². The molecule has 78 valence electrons. The number of carbonyl (C=O) groups is 1. The second-order valence-corrected chi connectivity index (χ2v) is 4.06. The van der Waals surface area contributed by atoms with Crippen LogP contribution in [-0.4, -0.2) is 29.1 Å². The van der Waals surface area contributed by atoms with E-state index in [0.717, 1.165) is 0 Å². The Morgan fingerprint density at radius 3 is 2.46 bits per heavy atom. The van der Waals surface area contributed by atoms with Crippen molar-refractivity contribution in [2.75, 3.05) is 6.50 Å². The molecule has 0 heterocycles. The van der Waals surface area contributed by atoms with Crippen LogP contribution in [0.3, 0.4) is 0 Å². The lowest BCUT2D eigenvalue weighted by molar-refractivity contribution is 0.0203. The van der Waals surface area contributed by atoms with Gasteiger partial charge in [-0.1, -0.05) is 0 Å². The minimum Gasteiger partial charge on any atom is -0.444 e. The minimum atomic E-state index is -2.94. The van der Waals surface area contributed by atoms with Crippen molar-refractivity contribution in [2.24, 2.45) is 0 Å². The third kappa shape index (κ3) is 4.76. The molecule has 0 aromatic rings. The standard InChI is InChI=1S/C10H21NO2/c1-7-11(8(2)3)9(12)13-10(4,5)6/h8H,7H2,1-6H3/i1D3,7D2. The fraction of sp³-hybridized carbons (Fsp3) is 0.900. The zero-order valence-electron chi connectivity index (χ0n) is 13.8. The summed E-state index contributed by atoms with van der Waals surface area (Å²) in [6.07, 6.45) is -0.973. The van der Waals surface area contributed by atoms with Crippen LogP contribution in [0, 0.1) is 0 Å². The molecule has 0 aromatic heterocycles. The van der Waals surface area contributed by atoms with Gasteiger partial charge >= 0.3 is 6.09 Å². The summed E-state index contributed by atoms with van der Waals surface area (Å²) >= 11 is 0. The SMILES string of the molecule is [2H]C([2H])([2H])C([2H])([2H])N(C(=O)OC(C)(C)C)C(C)C. The van der Waals surface area contributed by atoms with Gasteiger partial charge in [0.25, 0.3) is 0 Å². The van der Waals surface area contributed by atoms with E-state index in [2.05, 4.69) is 0 Å². The number of hydrogen-bond donors (Lipinski definition) is 0. The molecule has 0 saturated heterocycles. The van der Waals surface area contributed by atoms with Gasteiger partial charge in [-0.15, -0.1) is 0 Å². The Morgan fingerprint density at radius 2 is 2.15 bits per heavy atom. The van der Waals surface area contributed by atoms with E-state index in [1.807, 2.05) is 0 Å². The van der Waals surface area contributed by atoms with E-state index in [1.54, 1.807) is 20.8 Å². The molecule has 0 bridgehead atoms. The van der Waals surface area contributed by atoms with Gasteiger partial charge in [-0.05, 0) is 41.5 Å². The maximum atomic E-state index is 11.9. The van der Waals surface area contributed by atoms with Crippen molar-refractivity contribution in [2.45, 2.75) is 53.1 Å². The van der Waals surface area contributed by atoms with Gasteiger partial charge < -0.3 is 9.64 Å². The molecule has 3 nitrogen and oxygen atoms in total. The van der Waals surface area contributed by atoms with Crippen LogP contribution in [0.15, 0.2) is 0 Å². The highest BCUT2D eigenvalue weighted by Gasteiger charge is 2.22. The Morgan fingerprint density at radius 1 is 1.62 bits per heavy atom. The first-order chi connectivity index (χ1) is 7.70. The molecule has 0 aliphatic rings. The molecule has 13 heavy (non-hydrogen) atoms. The number of amides is 1. The van der Waals surface area contributed by atoms with E-state index in [1.165, 1.54) is 13.8 Å². The summed E-state index contributed by atoms with van der Waals surface area (Å²) in [5.74, 6) is 0. The van der Waals surface area contributed by atoms with Crippen molar-refractivity contribution in [3.63, 3.8) is 0 Å². The molecule has 0 aromatic carbocycles. The number of ether oxygens (including phenoxy) is 1. The van der Waals surface area contributed by atoms with Crippen LogP contribution in [-0.2, 0) is 4.74 Å². The maximum Gasteiger partial charge on any atom is 0.410 e. The fourth-order valence-electron chi connectivity index (χ4n) is 0.697. The molecule has 0 unspecified atom stereocenters.